The zero-order valence-corrected chi connectivity index (χ0v) is 13.2. The molecule has 120 valence electrons. The van der Waals surface area contributed by atoms with Gasteiger partial charge in [-0.1, -0.05) is 23.7 Å². The number of hydrogen-bond donors (Lipinski definition) is 3. The summed E-state index contributed by atoms with van der Waals surface area (Å²) in [6.07, 6.45) is 0. The summed E-state index contributed by atoms with van der Waals surface area (Å²) < 4.78 is 0. The lowest BCUT2D eigenvalue weighted by Crippen LogP contribution is -2.51. The van der Waals surface area contributed by atoms with E-state index >= 15 is 0 Å². The van der Waals surface area contributed by atoms with Gasteiger partial charge in [-0.05, 0) is 36.4 Å². The van der Waals surface area contributed by atoms with Crippen LogP contribution in [0.25, 0.3) is 10.9 Å². The van der Waals surface area contributed by atoms with Crippen LogP contribution in [-0.2, 0) is 0 Å². The maximum Gasteiger partial charge on any atom is 0.286 e. The minimum Gasteiger partial charge on any atom is -0.366 e. The first-order chi connectivity index (χ1) is 11.6. The van der Waals surface area contributed by atoms with Crippen molar-refractivity contribution in [2.45, 2.75) is 0 Å². The number of H-pyrrole nitrogens is 1. The molecule has 0 radical (unpaired) electrons. The molecule has 0 aliphatic carbocycles. The van der Waals surface area contributed by atoms with Crippen molar-refractivity contribution in [3.8, 4) is 0 Å². The normalized spacial score (nSPS) is 13.5. The number of amides is 2. The second-order valence-corrected chi connectivity index (χ2v) is 5.91. The molecule has 3 N–H and O–H groups in total. The van der Waals surface area contributed by atoms with Crippen LogP contribution in [0.1, 0.15) is 20.8 Å². The summed E-state index contributed by atoms with van der Waals surface area (Å²) in [5, 5.41) is 5.78. The van der Waals surface area contributed by atoms with Crippen LogP contribution in [0.2, 0.25) is 5.02 Å². The lowest BCUT2D eigenvalue weighted by Gasteiger charge is -2.29. The molecule has 0 saturated heterocycles. The van der Waals surface area contributed by atoms with Crippen LogP contribution >= 0.6 is 11.6 Å². The topological polar surface area (TPSA) is 77.2 Å². The van der Waals surface area contributed by atoms with Crippen molar-refractivity contribution in [1.29, 1.82) is 0 Å². The van der Waals surface area contributed by atoms with Crippen molar-refractivity contribution in [3.63, 3.8) is 0 Å². The van der Waals surface area contributed by atoms with E-state index in [1.807, 2.05) is 12.1 Å². The fourth-order valence-corrected chi connectivity index (χ4v) is 2.88. The maximum absolute atomic E-state index is 12.4. The van der Waals surface area contributed by atoms with Crippen molar-refractivity contribution >= 4 is 40.0 Å². The van der Waals surface area contributed by atoms with Crippen LogP contribution in [0, 0.1) is 0 Å². The number of carbonyl (C=O) groups is 2. The molecule has 0 atom stereocenters. The largest absolute Gasteiger partial charge is 0.366 e. The molecule has 1 aromatic heterocycles. The number of aromatic amines is 1. The van der Waals surface area contributed by atoms with Gasteiger partial charge in [-0.2, -0.15) is 0 Å². The Balaban J connectivity index is 1.56. The van der Waals surface area contributed by atoms with E-state index in [4.69, 9.17) is 11.6 Å². The Morgan fingerprint density at radius 2 is 2.00 bits per heavy atom. The summed E-state index contributed by atoms with van der Waals surface area (Å²) in [7, 11) is 0. The Morgan fingerprint density at radius 1 is 1.17 bits per heavy atom. The first kappa shape index (κ1) is 14.6. The molecular weight excluding hydrogens is 328 g/mol. The molecule has 2 aromatic carbocycles. The summed E-state index contributed by atoms with van der Waals surface area (Å²) >= 11 is 5.95. The van der Waals surface area contributed by atoms with Crippen molar-refractivity contribution < 1.29 is 9.59 Å². The second kappa shape index (κ2) is 5.58. The van der Waals surface area contributed by atoms with Gasteiger partial charge < -0.3 is 10.3 Å². The van der Waals surface area contributed by atoms with Gasteiger partial charge >= 0.3 is 0 Å². The van der Waals surface area contributed by atoms with Gasteiger partial charge in [0.15, 0.2) is 0 Å². The molecule has 1 aliphatic rings. The number of halogens is 1. The van der Waals surface area contributed by atoms with E-state index in [1.165, 1.54) is 5.01 Å². The number of nitrogens with one attached hydrogen (secondary N) is 3. The van der Waals surface area contributed by atoms with Crippen LogP contribution in [0.5, 0.6) is 0 Å². The Morgan fingerprint density at radius 3 is 2.88 bits per heavy atom. The van der Waals surface area contributed by atoms with Crippen LogP contribution in [0.3, 0.4) is 0 Å². The van der Waals surface area contributed by atoms with Crippen LogP contribution < -0.4 is 10.7 Å². The second-order valence-electron chi connectivity index (χ2n) is 5.47. The molecule has 4 rings (SSSR count). The Kier molecular flexibility index (Phi) is 3.39. The van der Waals surface area contributed by atoms with Crippen LogP contribution in [0.15, 0.2) is 48.5 Å². The third kappa shape index (κ3) is 2.47. The predicted octanol–water partition coefficient (Wildman–Crippen LogP) is 2.99. The summed E-state index contributed by atoms with van der Waals surface area (Å²) in [6.45, 7) is 0.202. The number of carbonyl (C=O) groups excluding carboxylic acids is 2. The monoisotopic (exact) mass is 340 g/mol. The number of nitrogens with zero attached hydrogens (tertiary/aromatic N) is 1. The number of hydrogen-bond acceptors (Lipinski definition) is 3. The van der Waals surface area contributed by atoms with E-state index in [2.05, 4.69) is 15.7 Å². The Labute approximate surface area is 142 Å². The number of rotatable bonds is 2. The molecule has 1 aliphatic heterocycles. The van der Waals surface area contributed by atoms with Crippen molar-refractivity contribution in [1.82, 2.24) is 15.4 Å². The molecule has 6 nitrogen and oxygen atoms in total. The fraction of sp³-hybridized carbons (Fsp3) is 0.0588. The number of aromatic nitrogens is 1. The molecule has 0 unspecified atom stereocenters. The summed E-state index contributed by atoms with van der Waals surface area (Å²) in [5.41, 5.74) is 5.06. The number of benzene rings is 2. The van der Waals surface area contributed by atoms with Gasteiger partial charge in [0.25, 0.3) is 11.8 Å². The highest BCUT2D eigenvalue weighted by molar-refractivity contribution is 6.31. The number of anilines is 1. The smallest absolute Gasteiger partial charge is 0.286 e. The first-order valence-corrected chi connectivity index (χ1v) is 7.73. The molecule has 2 heterocycles. The van der Waals surface area contributed by atoms with E-state index in [0.29, 0.717) is 16.3 Å². The molecule has 24 heavy (non-hydrogen) atoms. The van der Waals surface area contributed by atoms with Crippen molar-refractivity contribution in [2.24, 2.45) is 0 Å². The molecule has 0 bridgehead atoms. The van der Waals surface area contributed by atoms with Gasteiger partial charge in [0, 0.05) is 21.6 Å². The van der Waals surface area contributed by atoms with Crippen molar-refractivity contribution in [3.05, 3.63) is 64.8 Å². The van der Waals surface area contributed by atoms with Gasteiger partial charge in [0.2, 0.25) is 0 Å². The summed E-state index contributed by atoms with van der Waals surface area (Å²) in [4.78, 5) is 27.9. The number of para-hydroxylation sites is 1. The summed E-state index contributed by atoms with van der Waals surface area (Å²) in [5.74, 6) is -0.645. The first-order valence-electron chi connectivity index (χ1n) is 7.36. The van der Waals surface area contributed by atoms with E-state index in [0.717, 1.165) is 16.6 Å². The highest BCUT2D eigenvalue weighted by Gasteiger charge is 2.25. The fourth-order valence-electron chi connectivity index (χ4n) is 2.70. The lowest BCUT2D eigenvalue weighted by molar-refractivity contribution is 0.0587. The molecule has 0 spiro atoms. The van der Waals surface area contributed by atoms with Gasteiger partial charge in [0.1, 0.15) is 12.4 Å². The maximum atomic E-state index is 12.4. The van der Waals surface area contributed by atoms with Crippen LogP contribution in [0.4, 0.5) is 5.69 Å². The number of fused-ring (bicyclic) bond motifs is 2. The number of hydrazine groups is 1. The Bertz CT molecular complexity index is 966. The molecular formula is C17H13ClN4O2. The average Bonchev–Trinajstić information content (AvgIpc) is 3.01. The van der Waals surface area contributed by atoms with E-state index < -0.39 is 5.91 Å². The molecule has 3 aromatic rings. The molecule has 0 fully saturated rings. The standard InChI is InChI=1S/C17H13ClN4O2/c18-11-5-6-13-10(7-11)8-15(20-13)16(23)21-22-9-19-14-4-2-1-3-12(14)17(22)24/h1-8,19-20H,9H2,(H,21,23). The highest BCUT2D eigenvalue weighted by atomic mass is 35.5. The minimum atomic E-state index is -0.392. The van der Waals surface area contributed by atoms with Gasteiger partial charge in [-0.15, -0.1) is 0 Å². The van der Waals surface area contributed by atoms with E-state index in [-0.39, 0.29) is 12.6 Å². The van der Waals surface area contributed by atoms with Gasteiger partial charge in [-0.25, -0.2) is 5.01 Å². The van der Waals surface area contributed by atoms with E-state index in [9.17, 15) is 9.59 Å². The third-order valence-electron chi connectivity index (χ3n) is 3.89. The SMILES string of the molecule is O=C(NN1CNc2ccccc2C1=O)c1cc2cc(Cl)ccc2[nH]1. The zero-order chi connectivity index (χ0) is 16.7. The Hall–Kier alpha value is -2.99. The van der Waals surface area contributed by atoms with Crippen LogP contribution in [-0.4, -0.2) is 28.5 Å². The summed E-state index contributed by atoms with van der Waals surface area (Å²) in [6, 6.07) is 14.2. The molecule has 0 saturated carbocycles. The lowest BCUT2D eigenvalue weighted by atomic mass is 10.1. The zero-order valence-electron chi connectivity index (χ0n) is 12.5. The molecule has 7 heteroatoms. The predicted molar refractivity (Wildman–Crippen MR) is 91.9 cm³/mol. The van der Waals surface area contributed by atoms with Crippen molar-refractivity contribution in [2.75, 3.05) is 12.0 Å². The van der Waals surface area contributed by atoms with Gasteiger partial charge in [0.05, 0.1) is 5.56 Å². The molecule has 2 amide bonds. The van der Waals surface area contributed by atoms with E-state index in [1.54, 1.807) is 36.4 Å². The third-order valence-corrected chi connectivity index (χ3v) is 4.13. The van der Waals surface area contributed by atoms with Gasteiger partial charge in [-0.3, -0.25) is 15.0 Å². The quantitative estimate of drug-likeness (QED) is 0.671. The highest BCUT2D eigenvalue weighted by Crippen LogP contribution is 2.22. The minimum absolute atomic E-state index is 0.202. The average molecular weight is 341 g/mol.